The van der Waals surface area contributed by atoms with Crippen LogP contribution in [0.15, 0.2) is 54.6 Å². The van der Waals surface area contributed by atoms with Crippen molar-refractivity contribution < 1.29 is 14.3 Å². The van der Waals surface area contributed by atoms with Gasteiger partial charge in [-0.05, 0) is 56.1 Å². The average Bonchev–Trinajstić information content (AvgIpc) is 2.72. The minimum Gasteiger partial charge on any atom is -0.494 e. The zero-order valence-electron chi connectivity index (χ0n) is 16.6. The maximum atomic E-state index is 12.4. The summed E-state index contributed by atoms with van der Waals surface area (Å²) >= 11 is 0. The third-order valence-electron chi connectivity index (χ3n) is 4.90. The molecule has 1 unspecified atom stereocenters. The number of ether oxygens (including phenoxy) is 2. The second-order valence-electron chi connectivity index (χ2n) is 7.22. The van der Waals surface area contributed by atoms with Crippen molar-refractivity contribution in [2.75, 3.05) is 32.8 Å². The normalized spacial score (nSPS) is 17.1. The maximum Gasteiger partial charge on any atom is 0.234 e. The Kier molecular flexibility index (Phi) is 7.73. The smallest absolute Gasteiger partial charge is 0.234 e. The van der Waals surface area contributed by atoms with Crippen molar-refractivity contribution in [3.8, 4) is 11.5 Å². The first-order valence-electron chi connectivity index (χ1n) is 10.1. The van der Waals surface area contributed by atoms with Crippen molar-refractivity contribution in [1.29, 1.82) is 0 Å². The summed E-state index contributed by atoms with van der Waals surface area (Å²) in [5, 5.41) is 3.02. The Labute approximate surface area is 167 Å². The van der Waals surface area contributed by atoms with E-state index in [4.69, 9.17) is 9.47 Å². The number of likely N-dealkylation sites (tertiary alicyclic amines) is 1. The third-order valence-corrected chi connectivity index (χ3v) is 4.90. The highest BCUT2D eigenvalue weighted by atomic mass is 16.5. The fourth-order valence-electron chi connectivity index (χ4n) is 3.53. The third kappa shape index (κ3) is 6.57. The van der Waals surface area contributed by atoms with Crippen molar-refractivity contribution >= 4 is 5.91 Å². The number of rotatable bonds is 9. The number of benzene rings is 2. The summed E-state index contributed by atoms with van der Waals surface area (Å²) < 4.78 is 11.4. The summed E-state index contributed by atoms with van der Waals surface area (Å²) in [6, 6.07) is 17.8. The number of carbonyl (C=O) groups excluding carboxylic acids is 1. The van der Waals surface area contributed by atoms with Crippen molar-refractivity contribution in [3.63, 3.8) is 0 Å². The van der Waals surface area contributed by atoms with Gasteiger partial charge < -0.3 is 14.8 Å². The number of para-hydroxylation sites is 1. The molecule has 1 fully saturated rings. The minimum absolute atomic E-state index is 0.0615. The van der Waals surface area contributed by atoms with Crippen LogP contribution in [0.1, 0.15) is 25.3 Å². The molecule has 28 heavy (non-hydrogen) atoms. The molecular formula is C23H30N2O3. The summed E-state index contributed by atoms with van der Waals surface area (Å²) in [5.41, 5.74) is 1.05. The standard InChI is InChI=1S/C23H30N2O3/c1-2-27-22-12-6-8-19(14-22)15-24-23(26)17-25-13-7-9-20(16-25)18-28-21-10-4-3-5-11-21/h3-6,8,10-12,14,20H,2,7,9,13,15-18H2,1H3,(H,24,26). The van der Waals surface area contributed by atoms with E-state index in [-0.39, 0.29) is 5.91 Å². The molecule has 0 aliphatic carbocycles. The first-order valence-corrected chi connectivity index (χ1v) is 10.1. The predicted octanol–water partition coefficient (Wildman–Crippen LogP) is 3.49. The zero-order chi connectivity index (χ0) is 19.6. The van der Waals surface area contributed by atoms with E-state index in [0.29, 0.717) is 32.2 Å². The summed E-state index contributed by atoms with van der Waals surface area (Å²) in [7, 11) is 0. The van der Waals surface area contributed by atoms with Crippen LogP contribution in [0.4, 0.5) is 0 Å². The highest BCUT2D eigenvalue weighted by Crippen LogP contribution is 2.18. The molecule has 1 heterocycles. The van der Waals surface area contributed by atoms with Crippen LogP contribution >= 0.6 is 0 Å². The van der Waals surface area contributed by atoms with E-state index in [9.17, 15) is 4.79 Å². The number of hydrogen-bond acceptors (Lipinski definition) is 4. The van der Waals surface area contributed by atoms with E-state index in [0.717, 1.165) is 43.0 Å². The van der Waals surface area contributed by atoms with E-state index >= 15 is 0 Å². The van der Waals surface area contributed by atoms with Crippen LogP contribution in [0.2, 0.25) is 0 Å². The van der Waals surface area contributed by atoms with Crippen molar-refractivity contribution in [3.05, 3.63) is 60.2 Å². The van der Waals surface area contributed by atoms with E-state index in [2.05, 4.69) is 10.2 Å². The Balaban J connectivity index is 1.40. The van der Waals surface area contributed by atoms with Gasteiger partial charge in [0.05, 0.1) is 19.8 Å². The molecule has 0 radical (unpaired) electrons. The molecule has 5 nitrogen and oxygen atoms in total. The fraction of sp³-hybridized carbons (Fsp3) is 0.435. The van der Waals surface area contributed by atoms with E-state index in [1.54, 1.807) is 0 Å². The minimum atomic E-state index is 0.0615. The van der Waals surface area contributed by atoms with Gasteiger partial charge in [0, 0.05) is 19.0 Å². The Hall–Kier alpha value is -2.53. The number of piperidine rings is 1. The summed E-state index contributed by atoms with van der Waals surface area (Å²) in [6.45, 7) is 6.13. The van der Waals surface area contributed by atoms with Gasteiger partial charge in [0.25, 0.3) is 0 Å². The van der Waals surface area contributed by atoms with Crippen LogP contribution in [0, 0.1) is 5.92 Å². The topological polar surface area (TPSA) is 50.8 Å². The van der Waals surface area contributed by atoms with Crippen LogP contribution < -0.4 is 14.8 Å². The quantitative estimate of drug-likeness (QED) is 0.721. The Morgan fingerprint density at radius 1 is 1.11 bits per heavy atom. The van der Waals surface area contributed by atoms with Crippen LogP contribution in [0.3, 0.4) is 0 Å². The van der Waals surface area contributed by atoms with Gasteiger partial charge in [-0.1, -0.05) is 30.3 Å². The van der Waals surface area contributed by atoms with Gasteiger partial charge in [-0.2, -0.15) is 0 Å². The molecule has 1 aliphatic heterocycles. The van der Waals surface area contributed by atoms with Gasteiger partial charge >= 0.3 is 0 Å². The maximum absolute atomic E-state index is 12.4. The van der Waals surface area contributed by atoms with Gasteiger partial charge in [-0.25, -0.2) is 0 Å². The van der Waals surface area contributed by atoms with Crippen molar-refractivity contribution in [2.45, 2.75) is 26.3 Å². The van der Waals surface area contributed by atoms with E-state index in [1.807, 2.05) is 61.5 Å². The Morgan fingerprint density at radius 3 is 2.75 bits per heavy atom. The molecule has 3 rings (SSSR count). The molecule has 0 saturated carbocycles. The summed E-state index contributed by atoms with van der Waals surface area (Å²) in [5.74, 6) is 2.27. The number of amides is 1. The molecule has 0 bridgehead atoms. The van der Waals surface area contributed by atoms with Crippen LogP contribution in [-0.2, 0) is 11.3 Å². The molecule has 5 heteroatoms. The van der Waals surface area contributed by atoms with E-state index < -0.39 is 0 Å². The molecule has 2 aromatic carbocycles. The van der Waals surface area contributed by atoms with Crippen LogP contribution in [0.25, 0.3) is 0 Å². The largest absolute Gasteiger partial charge is 0.494 e. The molecule has 2 aromatic rings. The van der Waals surface area contributed by atoms with Gasteiger partial charge in [0.1, 0.15) is 11.5 Å². The van der Waals surface area contributed by atoms with Gasteiger partial charge in [0.2, 0.25) is 5.91 Å². The number of nitrogens with one attached hydrogen (secondary N) is 1. The lowest BCUT2D eigenvalue weighted by atomic mass is 9.99. The molecule has 0 spiro atoms. The average molecular weight is 383 g/mol. The van der Waals surface area contributed by atoms with Crippen molar-refractivity contribution in [1.82, 2.24) is 10.2 Å². The molecular weight excluding hydrogens is 352 g/mol. The monoisotopic (exact) mass is 382 g/mol. The molecule has 1 N–H and O–H groups in total. The summed E-state index contributed by atoms with van der Waals surface area (Å²) in [6.07, 6.45) is 2.25. The molecule has 1 aliphatic rings. The molecule has 1 saturated heterocycles. The van der Waals surface area contributed by atoms with Gasteiger partial charge in [-0.15, -0.1) is 0 Å². The Morgan fingerprint density at radius 2 is 1.93 bits per heavy atom. The fourth-order valence-corrected chi connectivity index (χ4v) is 3.53. The highest BCUT2D eigenvalue weighted by molar-refractivity contribution is 5.78. The molecule has 1 amide bonds. The SMILES string of the molecule is CCOc1cccc(CNC(=O)CN2CCCC(COc3ccccc3)C2)c1. The lowest BCUT2D eigenvalue weighted by molar-refractivity contribution is -0.122. The number of carbonyl (C=O) groups is 1. The van der Waals surface area contributed by atoms with Crippen molar-refractivity contribution in [2.24, 2.45) is 5.92 Å². The van der Waals surface area contributed by atoms with Crippen LogP contribution in [0.5, 0.6) is 11.5 Å². The molecule has 1 atom stereocenters. The van der Waals surface area contributed by atoms with E-state index in [1.165, 1.54) is 0 Å². The highest BCUT2D eigenvalue weighted by Gasteiger charge is 2.22. The lowest BCUT2D eigenvalue weighted by Crippen LogP contribution is -2.43. The Bertz CT molecular complexity index is 736. The first kappa shape index (κ1) is 20.2. The zero-order valence-corrected chi connectivity index (χ0v) is 16.6. The number of hydrogen-bond donors (Lipinski definition) is 1. The van der Waals surface area contributed by atoms with Gasteiger partial charge in [-0.3, -0.25) is 9.69 Å². The number of nitrogens with zero attached hydrogens (tertiary/aromatic N) is 1. The van der Waals surface area contributed by atoms with Gasteiger partial charge in [0.15, 0.2) is 0 Å². The van der Waals surface area contributed by atoms with Crippen LogP contribution in [-0.4, -0.2) is 43.7 Å². The summed E-state index contributed by atoms with van der Waals surface area (Å²) in [4.78, 5) is 14.6. The first-order chi connectivity index (χ1) is 13.7. The second-order valence-corrected chi connectivity index (χ2v) is 7.22. The second kappa shape index (κ2) is 10.7. The lowest BCUT2D eigenvalue weighted by Gasteiger charge is -2.32. The molecule has 0 aromatic heterocycles. The molecule has 150 valence electrons. The predicted molar refractivity (Wildman–Crippen MR) is 111 cm³/mol.